The quantitative estimate of drug-likeness (QED) is 0.843. The van der Waals surface area contributed by atoms with Crippen molar-refractivity contribution in [3.8, 4) is 0 Å². The van der Waals surface area contributed by atoms with E-state index in [1.165, 1.54) is 19.3 Å². The molecule has 1 aliphatic carbocycles. The fraction of sp³-hybridized carbons (Fsp3) is 0.643. The topological polar surface area (TPSA) is 54.3 Å². The summed E-state index contributed by atoms with van der Waals surface area (Å²) in [5.41, 5.74) is 0. The van der Waals surface area contributed by atoms with Gasteiger partial charge in [0.05, 0.1) is 18.8 Å². The van der Waals surface area contributed by atoms with Gasteiger partial charge in [0.1, 0.15) is 5.76 Å². The van der Waals surface area contributed by atoms with Crippen molar-refractivity contribution in [3.63, 3.8) is 0 Å². The Balaban J connectivity index is 1.68. The van der Waals surface area contributed by atoms with Crippen LogP contribution in [0.2, 0.25) is 0 Å². The van der Waals surface area contributed by atoms with Gasteiger partial charge in [-0.3, -0.25) is 10.1 Å². The van der Waals surface area contributed by atoms with Crippen LogP contribution in [-0.2, 0) is 4.79 Å². The van der Waals surface area contributed by atoms with Crippen molar-refractivity contribution in [2.75, 3.05) is 6.54 Å². The number of rotatable bonds is 5. The zero-order valence-electron chi connectivity index (χ0n) is 10.9. The van der Waals surface area contributed by atoms with E-state index >= 15 is 0 Å². The van der Waals surface area contributed by atoms with Crippen LogP contribution in [0.15, 0.2) is 22.8 Å². The molecule has 1 aliphatic rings. The maximum atomic E-state index is 11.8. The zero-order chi connectivity index (χ0) is 12.8. The van der Waals surface area contributed by atoms with Crippen molar-refractivity contribution < 1.29 is 9.21 Å². The van der Waals surface area contributed by atoms with Gasteiger partial charge in [-0.15, -0.1) is 0 Å². The Bertz CT molecular complexity index is 356. The molecule has 0 bridgehead atoms. The first-order valence-corrected chi connectivity index (χ1v) is 6.82. The highest BCUT2D eigenvalue weighted by Crippen LogP contribution is 2.17. The molecule has 1 saturated carbocycles. The van der Waals surface area contributed by atoms with E-state index in [-0.39, 0.29) is 11.9 Å². The van der Waals surface area contributed by atoms with E-state index in [4.69, 9.17) is 4.42 Å². The maximum Gasteiger partial charge on any atom is 0.234 e. The number of carbonyl (C=O) groups is 1. The molecule has 0 aliphatic heterocycles. The number of hydrogen-bond acceptors (Lipinski definition) is 3. The third kappa shape index (κ3) is 3.88. The van der Waals surface area contributed by atoms with E-state index < -0.39 is 0 Å². The second kappa shape index (κ2) is 6.59. The van der Waals surface area contributed by atoms with Gasteiger partial charge in [-0.1, -0.05) is 19.3 Å². The lowest BCUT2D eigenvalue weighted by molar-refractivity contribution is -0.121. The molecular weight excluding hydrogens is 228 g/mol. The van der Waals surface area contributed by atoms with Crippen LogP contribution in [0.5, 0.6) is 0 Å². The maximum absolute atomic E-state index is 11.8. The molecule has 4 nitrogen and oxygen atoms in total. The Hall–Kier alpha value is -1.29. The SMILES string of the molecule is C[C@H](NCC(=O)NC1CCCCC1)c1ccco1. The number of amides is 1. The van der Waals surface area contributed by atoms with Crippen LogP contribution in [0.3, 0.4) is 0 Å². The molecule has 1 amide bonds. The van der Waals surface area contributed by atoms with E-state index in [0.717, 1.165) is 18.6 Å². The average molecular weight is 250 g/mol. The van der Waals surface area contributed by atoms with Crippen molar-refractivity contribution in [3.05, 3.63) is 24.2 Å². The van der Waals surface area contributed by atoms with Gasteiger partial charge in [-0.05, 0) is 31.9 Å². The smallest absolute Gasteiger partial charge is 0.234 e. The molecule has 2 N–H and O–H groups in total. The average Bonchev–Trinajstić information content (AvgIpc) is 2.91. The summed E-state index contributed by atoms with van der Waals surface area (Å²) < 4.78 is 5.28. The minimum atomic E-state index is 0.0668. The van der Waals surface area contributed by atoms with Crippen LogP contribution in [0.1, 0.15) is 50.8 Å². The molecule has 2 rings (SSSR count). The van der Waals surface area contributed by atoms with Crippen LogP contribution >= 0.6 is 0 Å². The summed E-state index contributed by atoms with van der Waals surface area (Å²) in [4.78, 5) is 11.8. The monoisotopic (exact) mass is 250 g/mol. The summed E-state index contributed by atoms with van der Waals surface area (Å²) in [7, 11) is 0. The van der Waals surface area contributed by atoms with Gasteiger partial charge >= 0.3 is 0 Å². The molecule has 1 aromatic rings. The summed E-state index contributed by atoms with van der Waals surface area (Å²) in [6.07, 6.45) is 7.68. The first-order valence-electron chi connectivity index (χ1n) is 6.82. The van der Waals surface area contributed by atoms with E-state index in [0.29, 0.717) is 12.6 Å². The van der Waals surface area contributed by atoms with E-state index in [9.17, 15) is 4.79 Å². The number of nitrogens with one attached hydrogen (secondary N) is 2. The molecule has 0 aromatic carbocycles. The van der Waals surface area contributed by atoms with Crippen LogP contribution in [0, 0.1) is 0 Å². The van der Waals surface area contributed by atoms with E-state index in [2.05, 4.69) is 10.6 Å². The van der Waals surface area contributed by atoms with Crippen LogP contribution in [0.25, 0.3) is 0 Å². The summed E-state index contributed by atoms with van der Waals surface area (Å²) in [6.45, 7) is 2.34. The highest BCUT2D eigenvalue weighted by Gasteiger charge is 2.16. The van der Waals surface area contributed by atoms with Gasteiger partial charge in [0.25, 0.3) is 0 Å². The van der Waals surface area contributed by atoms with E-state index in [1.54, 1.807) is 6.26 Å². The largest absolute Gasteiger partial charge is 0.468 e. The van der Waals surface area contributed by atoms with E-state index in [1.807, 2.05) is 19.1 Å². The standard InChI is InChI=1S/C14H22N2O2/c1-11(13-8-5-9-18-13)15-10-14(17)16-12-6-3-2-4-7-12/h5,8-9,11-12,15H,2-4,6-7,10H2,1H3,(H,16,17)/t11-/m0/s1. The number of hydrogen-bond donors (Lipinski definition) is 2. The second-order valence-electron chi connectivity index (χ2n) is 5.02. The van der Waals surface area contributed by atoms with Gasteiger partial charge in [-0.25, -0.2) is 0 Å². The molecule has 4 heteroatoms. The fourth-order valence-corrected chi connectivity index (χ4v) is 2.41. The van der Waals surface area contributed by atoms with Crippen molar-refractivity contribution >= 4 is 5.91 Å². The minimum Gasteiger partial charge on any atom is -0.468 e. The Morgan fingerprint density at radius 1 is 1.44 bits per heavy atom. The highest BCUT2D eigenvalue weighted by atomic mass is 16.3. The van der Waals surface area contributed by atoms with Gasteiger partial charge in [-0.2, -0.15) is 0 Å². The summed E-state index contributed by atoms with van der Waals surface area (Å²) >= 11 is 0. The molecule has 18 heavy (non-hydrogen) atoms. The number of carbonyl (C=O) groups excluding carboxylic acids is 1. The summed E-state index contributed by atoms with van der Waals surface area (Å²) in [5.74, 6) is 0.945. The lowest BCUT2D eigenvalue weighted by Crippen LogP contribution is -2.41. The molecule has 100 valence electrons. The first-order chi connectivity index (χ1) is 8.75. The minimum absolute atomic E-state index is 0.0668. The Morgan fingerprint density at radius 3 is 2.89 bits per heavy atom. The van der Waals surface area contributed by atoms with Gasteiger partial charge < -0.3 is 9.73 Å². The first kappa shape index (κ1) is 13.1. The summed E-state index contributed by atoms with van der Waals surface area (Å²) in [5, 5.41) is 6.26. The van der Waals surface area contributed by atoms with Crippen molar-refractivity contribution in [2.45, 2.75) is 51.1 Å². The van der Waals surface area contributed by atoms with Crippen molar-refractivity contribution in [1.29, 1.82) is 0 Å². The zero-order valence-corrected chi connectivity index (χ0v) is 10.9. The van der Waals surface area contributed by atoms with Crippen LogP contribution in [-0.4, -0.2) is 18.5 Å². The third-order valence-electron chi connectivity index (χ3n) is 3.51. The molecule has 1 heterocycles. The predicted molar refractivity (Wildman–Crippen MR) is 70.1 cm³/mol. The molecule has 0 spiro atoms. The molecule has 0 radical (unpaired) electrons. The molecular formula is C14H22N2O2. The summed E-state index contributed by atoms with van der Waals surface area (Å²) in [6, 6.07) is 4.22. The third-order valence-corrected chi connectivity index (χ3v) is 3.51. The normalized spacial score (nSPS) is 18.5. The molecule has 0 saturated heterocycles. The second-order valence-corrected chi connectivity index (χ2v) is 5.02. The Morgan fingerprint density at radius 2 is 2.22 bits per heavy atom. The van der Waals surface area contributed by atoms with Gasteiger partial charge in [0.2, 0.25) is 5.91 Å². The van der Waals surface area contributed by atoms with Gasteiger partial charge in [0, 0.05) is 6.04 Å². The van der Waals surface area contributed by atoms with Crippen LogP contribution in [0.4, 0.5) is 0 Å². The van der Waals surface area contributed by atoms with Crippen molar-refractivity contribution in [1.82, 2.24) is 10.6 Å². The molecule has 0 unspecified atom stereocenters. The molecule has 1 atom stereocenters. The Labute approximate surface area is 108 Å². The number of furan rings is 1. The lowest BCUT2D eigenvalue weighted by atomic mass is 9.95. The predicted octanol–water partition coefficient (Wildman–Crippen LogP) is 2.38. The fourth-order valence-electron chi connectivity index (χ4n) is 2.41. The molecule has 1 aromatic heterocycles. The lowest BCUT2D eigenvalue weighted by Gasteiger charge is -2.23. The Kier molecular flexibility index (Phi) is 4.81. The van der Waals surface area contributed by atoms with Crippen LogP contribution < -0.4 is 10.6 Å². The van der Waals surface area contributed by atoms with Gasteiger partial charge in [0.15, 0.2) is 0 Å². The van der Waals surface area contributed by atoms with Crippen molar-refractivity contribution in [2.24, 2.45) is 0 Å². The highest BCUT2D eigenvalue weighted by molar-refractivity contribution is 5.78. The molecule has 1 fully saturated rings.